The van der Waals surface area contributed by atoms with Crippen LogP contribution in [0, 0.1) is 25.2 Å². The molecule has 0 amide bonds. The van der Waals surface area contributed by atoms with Crippen molar-refractivity contribution < 1.29 is 19.0 Å². The predicted octanol–water partition coefficient (Wildman–Crippen LogP) is 5.47. The van der Waals surface area contributed by atoms with E-state index in [9.17, 15) is 14.3 Å². The highest BCUT2D eigenvalue weighted by atomic mass is 19.1. The van der Waals surface area contributed by atoms with Crippen molar-refractivity contribution >= 4 is 11.7 Å². The number of ether oxygens (including phenoxy) is 1. The molecule has 0 unspecified atom stereocenters. The first-order chi connectivity index (χ1) is 14.8. The molecule has 2 aromatic heterocycles. The lowest BCUT2D eigenvalue weighted by Gasteiger charge is -2.41. The Morgan fingerprint density at radius 2 is 1.81 bits per heavy atom. The first-order valence-corrected chi connectivity index (χ1v) is 11.1. The monoisotopic (exact) mass is 443 g/mol. The van der Waals surface area contributed by atoms with Crippen LogP contribution in [0.5, 0.6) is 0 Å². The van der Waals surface area contributed by atoms with Crippen molar-refractivity contribution in [1.29, 1.82) is 0 Å². The third-order valence-corrected chi connectivity index (χ3v) is 6.00. The zero-order valence-electron chi connectivity index (χ0n) is 20.1. The summed E-state index contributed by atoms with van der Waals surface area (Å²) < 4.78 is 19.9. The summed E-state index contributed by atoms with van der Waals surface area (Å²) in [6.07, 6.45) is 3.99. The minimum absolute atomic E-state index is 0.223. The molecule has 1 saturated heterocycles. The Labute approximate surface area is 189 Å². The number of aromatic nitrogens is 2. The van der Waals surface area contributed by atoms with Crippen molar-refractivity contribution in [1.82, 2.24) is 9.97 Å². The third-order valence-electron chi connectivity index (χ3n) is 6.00. The van der Waals surface area contributed by atoms with Gasteiger partial charge in [-0.2, -0.15) is 4.39 Å². The summed E-state index contributed by atoms with van der Waals surface area (Å²) in [5.74, 6) is -1.58. The van der Waals surface area contributed by atoms with E-state index in [2.05, 4.69) is 28.7 Å². The zero-order chi connectivity index (χ0) is 23.8. The van der Waals surface area contributed by atoms with Crippen LogP contribution in [0.15, 0.2) is 18.5 Å². The van der Waals surface area contributed by atoms with E-state index in [1.54, 1.807) is 19.2 Å². The van der Waals surface area contributed by atoms with E-state index >= 15 is 0 Å². The van der Waals surface area contributed by atoms with Crippen molar-refractivity contribution in [3.8, 4) is 11.1 Å². The first-order valence-electron chi connectivity index (χ1n) is 11.1. The number of carboxylic acids is 1. The topological polar surface area (TPSA) is 75.6 Å². The molecule has 0 saturated carbocycles. The number of rotatable bonds is 5. The Morgan fingerprint density at radius 1 is 1.19 bits per heavy atom. The van der Waals surface area contributed by atoms with Gasteiger partial charge >= 0.3 is 5.97 Å². The van der Waals surface area contributed by atoms with Crippen molar-refractivity contribution in [2.24, 2.45) is 5.41 Å². The molecule has 0 bridgehead atoms. The number of aliphatic carboxylic acids is 1. The van der Waals surface area contributed by atoms with Gasteiger partial charge in [-0.05, 0) is 58.9 Å². The quantitative estimate of drug-likeness (QED) is 0.618. The van der Waals surface area contributed by atoms with Crippen LogP contribution in [0.3, 0.4) is 0 Å². The molecule has 1 aliphatic heterocycles. The summed E-state index contributed by atoms with van der Waals surface area (Å²) in [6, 6.07) is 1.73. The SMILES string of the molecule is Cc1cc(-c2cnc(C)c([C@H](OC(C)(C)C)C(=O)O)c2N2CCC(C)(C)CC2)cnc1F. The van der Waals surface area contributed by atoms with E-state index in [0.29, 0.717) is 22.4 Å². The number of halogens is 1. The molecular weight excluding hydrogens is 409 g/mol. The van der Waals surface area contributed by atoms with Crippen LogP contribution in [0.25, 0.3) is 11.1 Å². The lowest BCUT2D eigenvalue weighted by molar-refractivity contribution is -0.160. The second-order valence-corrected chi connectivity index (χ2v) is 10.5. The number of piperidine rings is 1. The van der Waals surface area contributed by atoms with E-state index in [-0.39, 0.29) is 5.41 Å². The smallest absolute Gasteiger partial charge is 0.337 e. The Bertz CT molecular complexity index is 1000. The van der Waals surface area contributed by atoms with E-state index in [0.717, 1.165) is 37.2 Å². The van der Waals surface area contributed by atoms with Gasteiger partial charge in [-0.15, -0.1) is 0 Å². The van der Waals surface area contributed by atoms with Gasteiger partial charge in [-0.25, -0.2) is 9.78 Å². The van der Waals surface area contributed by atoms with E-state index in [1.807, 2.05) is 27.7 Å². The molecule has 3 rings (SSSR count). The van der Waals surface area contributed by atoms with Gasteiger partial charge in [0.05, 0.1) is 11.3 Å². The number of hydrogen-bond acceptors (Lipinski definition) is 5. The summed E-state index contributed by atoms with van der Waals surface area (Å²) in [7, 11) is 0. The lowest BCUT2D eigenvalue weighted by atomic mass is 9.82. The van der Waals surface area contributed by atoms with Crippen molar-refractivity contribution in [2.45, 2.75) is 73.0 Å². The molecule has 1 fully saturated rings. The second-order valence-electron chi connectivity index (χ2n) is 10.5. The summed E-state index contributed by atoms with van der Waals surface area (Å²) in [4.78, 5) is 23.0. The number of anilines is 1. The van der Waals surface area contributed by atoms with Gasteiger partial charge in [0.15, 0.2) is 6.10 Å². The summed E-state index contributed by atoms with van der Waals surface area (Å²) in [6.45, 7) is 15.1. The van der Waals surface area contributed by atoms with Gasteiger partial charge in [0, 0.05) is 53.4 Å². The van der Waals surface area contributed by atoms with Gasteiger partial charge in [-0.3, -0.25) is 4.98 Å². The van der Waals surface area contributed by atoms with Crippen LogP contribution in [0.4, 0.5) is 10.1 Å². The van der Waals surface area contributed by atoms with Crippen molar-refractivity contribution in [2.75, 3.05) is 18.0 Å². The van der Waals surface area contributed by atoms with Gasteiger partial charge in [-0.1, -0.05) is 13.8 Å². The largest absolute Gasteiger partial charge is 0.479 e. The predicted molar refractivity (Wildman–Crippen MR) is 123 cm³/mol. The molecule has 0 aromatic carbocycles. The van der Waals surface area contributed by atoms with Gasteiger partial charge in [0.1, 0.15) is 0 Å². The molecule has 0 radical (unpaired) electrons. The molecule has 1 aliphatic rings. The number of hydrogen-bond donors (Lipinski definition) is 1. The van der Waals surface area contributed by atoms with Crippen LogP contribution < -0.4 is 4.90 Å². The highest BCUT2D eigenvalue weighted by Crippen LogP contribution is 2.43. The van der Waals surface area contributed by atoms with Crippen molar-refractivity contribution in [3.63, 3.8) is 0 Å². The lowest BCUT2D eigenvalue weighted by Crippen LogP contribution is -2.39. The second kappa shape index (κ2) is 8.77. The fourth-order valence-corrected chi connectivity index (χ4v) is 4.10. The molecule has 0 spiro atoms. The Balaban J connectivity index is 2.25. The van der Waals surface area contributed by atoms with Gasteiger partial charge < -0.3 is 14.7 Å². The highest BCUT2D eigenvalue weighted by Gasteiger charge is 2.35. The molecule has 0 aliphatic carbocycles. The number of carboxylic acid groups (broad SMARTS) is 1. The Morgan fingerprint density at radius 3 is 2.34 bits per heavy atom. The fourth-order valence-electron chi connectivity index (χ4n) is 4.10. The Kier molecular flexibility index (Phi) is 6.61. The Hall–Kier alpha value is -2.54. The molecule has 174 valence electrons. The van der Waals surface area contributed by atoms with Crippen LogP contribution >= 0.6 is 0 Å². The maximum absolute atomic E-state index is 13.9. The summed E-state index contributed by atoms with van der Waals surface area (Å²) in [5.41, 5.74) is 3.38. The highest BCUT2D eigenvalue weighted by molar-refractivity contribution is 5.86. The van der Waals surface area contributed by atoms with Crippen LogP contribution in [-0.4, -0.2) is 39.7 Å². The van der Waals surface area contributed by atoms with Crippen LogP contribution in [0.1, 0.15) is 70.4 Å². The van der Waals surface area contributed by atoms with Crippen molar-refractivity contribution in [3.05, 3.63) is 41.2 Å². The maximum atomic E-state index is 13.9. The molecule has 1 N–H and O–H groups in total. The minimum Gasteiger partial charge on any atom is -0.479 e. The molecule has 7 heteroatoms. The molecule has 2 aromatic rings. The van der Waals surface area contributed by atoms with E-state index in [4.69, 9.17) is 4.74 Å². The number of aryl methyl sites for hydroxylation is 2. The summed E-state index contributed by atoms with van der Waals surface area (Å²) in [5, 5.41) is 10.1. The van der Waals surface area contributed by atoms with Gasteiger partial charge in [0.2, 0.25) is 5.95 Å². The standard InChI is InChI=1S/C25H34FN3O3/c1-15-12-17(13-28-22(15)26)18-14-27-16(2)19(21(23(30)31)32-24(3,4)5)20(18)29-10-8-25(6,7)9-11-29/h12-14,21H,8-11H2,1-7H3,(H,30,31)/t21-/m0/s1. The summed E-state index contributed by atoms with van der Waals surface area (Å²) >= 11 is 0. The molecule has 6 nitrogen and oxygen atoms in total. The normalized spacial score (nSPS) is 17.3. The molecule has 32 heavy (non-hydrogen) atoms. The third kappa shape index (κ3) is 5.26. The van der Waals surface area contributed by atoms with Crippen LogP contribution in [-0.2, 0) is 9.53 Å². The molecule has 1 atom stereocenters. The average molecular weight is 444 g/mol. The van der Waals surface area contributed by atoms with Crippen LogP contribution in [0.2, 0.25) is 0 Å². The minimum atomic E-state index is -1.18. The maximum Gasteiger partial charge on any atom is 0.337 e. The fraction of sp³-hybridized carbons (Fsp3) is 0.560. The van der Waals surface area contributed by atoms with E-state index < -0.39 is 23.6 Å². The molecular formula is C25H34FN3O3. The van der Waals surface area contributed by atoms with E-state index in [1.165, 1.54) is 6.20 Å². The number of pyridine rings is 2. The number of carbonyl (C=O) groups is 1. The van der Waals surface area contributed by atoms with Gasteiger partial charge in [0.25, 0.3) is 0 Å². The first kappa shape index (κ1) is 24.1. The zero-order valence-corrected chi connectivity index (χ0v) is 20.1. The number of nitrogens with zero attached hydrogens (tertiary/aromatic N) is 3. The average Bonchev–Trinajstić information content (AvgIpc) is 2.68. The molecule has 3 heterocycles.